The molecule has 2 aliphatic rings. The summed E-state index contributed by atoms with van der Waals surface area (Å²) in [5.41, 5.74) is 2.28. The molecule has 2 fully saturated rings. The number of carbonyl (C=O) groups excluding carboxylic acids is 2. The van der Waals surface area contributed by atoms with E-state index in [0.29, 0.717) is 12.1 Å². The highest BCUT2D eigenvalue weighted by Gasteiger charge is 2.20. The fraction of sp³-hybridized carbons (Fsp3) is 0.556. The van der Waals surface area contributed by atoms with Gasteiger partial charge in [-0.15, -0.1) is 0 Å². The number of benzene rings is 1. The molecule has 1 aromatic rings. The Hall–Kier alpha value is -2.08. The number of ether oxygens (including phenoxy) is 1. The fourth-order valence-corrected chi connectivity index (χ4v) is 3.22. The molecule has 24 heavy (non-hydrogen) atoms. The molecule has 3 rings (SSSR count). The van der Waals surface area contributed by atoms with Crippen molar-refractivity contribution in [1.29, 1.82) is 0 Å². The third-order valence-electron chi connectivity index (χ3n) is 4.63. The van der Waals surface area contributed by atoms with Gasteiger partial charge in [0.05, 0.1) is 6.10 Å². The summed E-state index contributed by atoms with van der Waals surface area (Å²) in [7, 11) is 0. The Labute approximate surface area is 142 Å². The van der Waals surface area contributed by atoms with Crippen molar-refractivity contribution >= 4 is 17.6 Å². The minimum atomic E-state index is -0.243. The fourth-order valence-electron chi connectivity index (χ4n) is 3.22. The van der Waals surface area contributed by atoms with Gasteiger partial charge in [0, 0.05) is 37.5 Å². The molecule has 0 saturated carbocycles. The van der Waals surface area contributed by atoms with Gasteiger partial charge in [0.15, 0.2) is 0 Å². The van der Waals surface area contributed by atoms with Crippen LogP contribution in [-0.2, 0) is 4.74 Å². The van der Waals surface area contributed by atoms with Gasteiger partial charge in [-0.1, -0.05) is 0 Å². The maximum absolute atomic E-state index is 12.4. The Bertz CT molecular complexity index is 606. The van der Waals surface area contributed by atoms with E-state index < -0.39 is 0 Å². The van der Waals surface area contributed by atoms with Crippen LogP contribution in [0.5, 0.6) is 0 Å². The van der Waals surface area contributed by atoms with E-state index in [9.17, 15) is 9.59 Å². The maximum atomic E-state index is 12.4. The number of aryl methyl sites for hydroxylation is 1. The first-order valence-electron chi connectivity index (χ1n) is 8.70. The van der Waals surface area contributed by atoms with E-state index in [2.05, 4.69) is 10.6 Å². The maximum Gasteiger partial charge on any atom is 0.319 e. The van der Waals surface area contributed by atoms with Gasteiger partial charge in [0.2, 0.25) is 0 Å². The zero-order valence-electron chi connectivity index (χ0n) is 14.1. The number of urea groups is 1. The van der Waals surface area contributed by atoms with Crippen LogP contribution in [0.4, 0.5) is 10.5 Å². The monoisotopic (exact) mass is 331 g/mol. The van der Waals surface area contributed by atoms with Crippen LogP contribution in [0, 0.1) is 6.92 Å². The molecule has 2 heterocycles. The van der Waals surface area contributed by atoms with Crippen LogP contribution in [0.15, 0.2) is 18.2 Å². The number of anilines is 1. The van der Waals surface area contributed by atoms with Crippen LogP contribution < -0.4 is 10.6 Å². The molecule has 0 aromatic heterocycles. The highest BCUT2D eigenvalue weighted by Crippen LogP contribution is 2.19. The average Bonchev–Trinajstić information content (AvgIpc) is 3.27. The molecule has 0 radical (unpaired) electrons. The number of nitrogens with zero attached hydrogens (tertiary/aromatic N) is 1. The first kappa shape index (κ1) is 16.8. The number of amides is 3. The highest BCUT2D eigenvalue weighted by atomic mass is 16.5. The van der Waals surface area contributed by atoms with Gasteiger partial charge < -0.3 is 20.3 Å². The van der Waals surface area contributed by atoms with E-state index in [1.54, 1.807) is 12.1 Å². The molecule has 3 amide bonds. The lowest BCUT2D eigenvalue weighted by Crippen LogP contribution is -2.35. The van der Waals surface area contributed by atoms with E-state index in [-0.39, 0.29) is 18.0 Å². The molecular weight excluding hydrogens is 306 g/mol. The largest absolute Gasteiger partial charge is 0.376 e. The summed E-state index contributed by atoms with van der Waals surface area (Å²) in [6.45, 7) is 4.87. The first-order valence-corrected chi connectivity index (χ1v) is 8.70. The zero-order valence-corrected chi connectivity index (χ0v) is 14.1. The molecule has 130 valence electrons. The summed E-state index contributed by atoms with van der Waals surface area (Å²) in [5.74, 6) is 0.0741. The van der Waals surface area contributed by atoms with Gasteiger partial charge in [-0.25, -0.2) is 4.79 Å². The Morgan fingerprint density at radius 2 is 2.04 bits per heavy atom. The highest BCUT2D eigenvalue weighted by molar-refractivity contribution is 5.96. The number of carbonyl (C=O) groups is 2. The van der Waals surface area contributed by atoms with Crippen LogP contribution in [0.1, 0.15) is 41.6 Å². The molecule has 6 heteroatoms. The second-order valence-corrected chi connectivity index (χ2v) is 6.50. The number of hydrogen-bond acceptors (Lipinski definition) is 3. The summed E-state index contributed by atoms with van der Waals surface area (Å²) in [4.78, 5) is 26.3. The van der Waals surface area contributed by atoms with Crippen LogP contribution in [0.2, 0.25) is 0 Å². The minimum Gasteiger partial charge on any atom is -0.376 e. The Kier molecular flexibility index (Phi) is 5.35. The molecule has 0 unspecified atom stereocenters. The molecule has 0 spiro atoms. The van der Waals surface area contributed by atoms with Crippen LogP contribution in [-0.4, -0.2) is 49.2 Å². The molecule has 1 aromatic carbocycles. The minimum absolute atomic E-state index is 0.0741. The standard InChI is InChI=1S/C18H25N3O3/c1-13-11-14(17(22)21-8-2-3-9-21)6-7-16(13)20-18(23)19-12-15-5-4-10-24-15/h6-7,11,15H,2-5,8-10,12H2,1H3,(H2,19,20,23)/t15-/m1/s1. The van der Waals surface area contributed by atoms with E-state index >= 15 is 0 Å². The Morgan fingerprint density at radius 3 is 2.71 bits per heavy atom. The molecule has 2 N–H and O–H groups in total. The summed E-state index contributed by atoms with van der Waals surface area (Å²) in [6, 6.07) is 5.18. The average molecular weight is 331 g/mol. The number of hydrogen-bond donors (Lipinski definition) is 2. The van der Waals surface area contributed by atoms with Crippen molar-refractivity contribution in [3.63, 3.8) is 0 Å². The van der Waals surface area contributed by atoms with Crippen molar-refractivity contribution in [3.8, 4) is 0 Å². The van der Waals surface area contributed by atoms with Gasteiger partial charge >= 0.3 is 6.03 Å². The molecule has 2 saturated heterocycles. The third-order valence-corrected chi connectivity index (χ3v) is 4.63. The van der Waals surface area contributed by atoms with Gasteiger partial charge in [0.1, 0.15) is 0 Å². The smallest absolute Gasteiger partial charge is 0.319 e. The molecule has 1 atom stereocenters. The van der Waals surface area contributed by atoms with Gasteiger partial charge in [0.25, 0.3) is 5.91 Å². The molecular formula is C18H25N3O3. The van der Waals surface area contributed by atoms with Crippen molar-refractivity contribution in [1.82, 2.24) is 10.2 Å². The Morgan fingerprint density at radius 1 is 1.25 bits per heavy atom. The number of rotatable bonds is 4. The van der Waals surface area contributed by atoms with Gasteiger partial charge in [-0.05, 0) is 56.4 Å². The number of likely N-dealkylation sites (tertiary alicyclic amines) is 1. The topological polar surface area (TPSA) is 70.7 Å². The van der Waals surface area contributed by atoms with E-state index in [1.807, 2.05) is 17.9 Å². The van der Waals surface area contributed by atoms with E-state index in [1.165, 1.54) is 0 Å². The quantitative estimate of drug-likeness (QED) is 0.891. The summed E-state index contributed by atoms with van der Waals surface area (Å²) in [6.07, 6.45) is 4.33. The lowest BCUT2D eigenvalue weighted by Gasteiger charge is -2.17. The summed E-state index contributed by atoms with van der Waals surface area (Å²) < 4.78 is 5.48. The summed E-state index contributed by atoms with van der Waals surface area (Å²) >= 11 is 0. The van der Waals surface area contributed by atoms with Crippen LogP contribution in [0.25, 0.3) is 0 Å². The van der Waals surface area contributed by atoms with Gasteiger partial charge in [-0.2, -0.15) is 0 Å². The predicted octanol–water partition coefficient (Wildman–Crippen LogP) is 2.53. The zero-order chi connectivity index (χ0) is 16.9. The lowest BCUT2D eigenvalue weighted by molar-refractivity contribution is 0.0792. The van der Waals surface area contributed by atoms with Crippen molar-refractivity contribution in [2.24, 2.45) is 0 Å². The van der Waals surface area contributed by atoms with Crippen LogP contribution >= 0.6 is 0 Å². The molecule has 6 nitrogen and oxygen atoms in total. The number of nitrogens with one attached hydrogen (secondary N) is 2. The first-order chi connectivity index (χ1) is 11.6. The SMILES string of the molecule is Cc1cc(C(=O)N2CCCC2)ccc1NC(=O)NC[C@H]1CCCO1. The van der Waals surface area contributed by atoms with Gasteiger partial charge in [-0.3, -0.25) is 4.79 Å². The second kappa shape index (κ2) is 7.66. The predicted molar refractivity (Wildman–Crippen MR) is 92.3 cm³/mol. The molecule has 2 aliphatic heterocycles. The van der Waals surface area contributed by atoms with Crippen molar-refractivity contribution < 1.29 is 14.3 Å². The molecule has 0 bridgehead atoms. The van der Waals surface area contributed by atoms with Crippen LogP contribution in [0.3, 0.4) is 0 Å². The third kappa shape index (κ3) is 4.06. The Balaban J connectivity index is 1.55. The summed E-state index contributed by atoms with van der Waals surface area (Å²) in [5, 5.41) is 5.67. The second-order valence-electron chi connectivity index (χ2n) is 6.50. The molecule has 0 aliphatic carbocycles. The van der Waals surface area contributed by atoms with Crippen molar-refractivity contribution in [2.45, 2.75) is 38.7 Å². The van der Waals surface area contributed by atoms with E-state index in [0.717, 1.165) is 56.6 Å². The van der Waals surface area contributed by atoms with E-state index in [4.69, 9.17) is 4.74 Å². The lowest BCUT2D eigenvalue weighted by atomic mass is 10.1. The van der Waals surface area contributed by atoms with Crippen molar-refractivity contribution in [3.05, 3.63) is 29.3 Å². The van der Waals surface area contributed by atoms with Crippen molar-refractivity contribution in [2.75, 3.05) is 31.6 Å². The normalized spacial score (nSPS) is 20.2.